The Morgan fingerprint density at radius 3 is 3.00 bits per heavy atom. The van der Waals surface area contributed by atoms with Crippen molar-refractivity contribution in [3.05, 3.63) is 29.8 Å². The van der Waals surface area contributed by atoms with Crippen molar-refractivity contribution in [2.75, 3.05) is 20.2 Å². The predicted molar refractivity (Wildman–Crippen MR) is 79.5 cm³/mol. The number of likely N-dealkylation sites (N-methyl/N-ethyl adjacent to an activating group) is 1. The highest BCUT2D eigenvalue weighted by Crippen LogP contribution is 2.21. The molecule has 1 fully saturated rings. The molecule has 2 aromatic rings. The third-order valence-corrected chi connectivity index (χ3v) is 3.83. The Bertz CT molecular complexity index is 551. The van der Waals surface area contributed by atoms with E-state index < -0.39 is 0 Å². The van der Waals surface area contributed by atoms with Gasteiger partial charge in [-0.25, -0.2) is 0 Å². The molecule has 1 N–H and O–H groups in total. The molecule has 1 aromatic heterocycles. The smallest absolute Gasteiger partial charge is 0.204 e. The Morgan fingerprint density at radius 2 is 2.24 bits per heavy atom. The molecule has 1 aliphatic rings. The second-order valence-electron chi connectivity index (χ2n) is 5.58. The number of rotatable bonds is 5. The van der Waals surface area contributed by atoms with E-state index in [2.05, 4.69) is 38.6 Å². The normalized spacial score (nSPS) is 19.0. The topological polar surface area (TPSA) is 66.9 Å². The van der Waals surface area contributed by atoms with E-state index in [4.69, 9.17) is 4.74 Å². The van der Waals surface area contributed by atoms with E-state index in [1.54, 1.807) is 0 Å². The van der Waals surface area contributed by atoms with Gasteiger partial charge in [-0.3, -0.25) is 4.90 Å². The Hall–Kier alpha value is -1.79. The number of ether oxygens (including phenoxy) is 1. The Morgan fingerprint density at radius 1 is 1.33 bits per heavy atom. The summed E-state index contributed by atoms with van der Waals surface area (Å²) in [5, 5.41) is 14.3. The van der Waals surface area contributed by atoms with Crippen molar-refractivity contribution in [2.45, 2.75) is 31.9 Å². The van der Waals surface area contributed by atoms with Crippen molar-refractivity contribution >= 4 is 0 Å². The number of hydrogen-bond acceptors (Lipinski definition) is 5. The van der Waals surface area contributed by atoms with Crippen LogP contribution >= 0.6 is 0 Å². The maximum atomic E-state index is 5.81. The molecule has 0 radical (unpaired) electrons. The molecule has 0 saturated carbocycles. The summed E-state index contributed by atoms with van der Waals surface area (Å²) < 4.78 is 5.81. The SMILES string of the molecule is CN(Cc1ccccc1-c1nn[nH]n1)CC1CCCCO1. The van der Waals surface area contributed by atoms with Crippen LogP contribution in [0, 0.1) is 0 Å². The van der Waals surface area contributed by atoms with Gasteiger partial charge in [0.15, 0.2) is 0 Å². The maximum absolute atomic E-state index is 5.81. The van der Waals surface area contributed by atoms with Gasteiger partial charge in [0, 0.05) is 25.3 Å². The molecule has 1 unspecified atom stereocenters. The average Bonchev–Trinajstić information content (AvgIpc) is 3.03. The van der Waals surface area contributed by atoms with Crippen LogP contribution in [0.15, 0.2) is 24.3 Å². The standard InChI is InChI=1S/C15H21N5O/c1-20(11-13-7-4-5-9-21-13)10-12-6-2-3-8-14(12)15-16-18-19-17-15/h2-3,6,8,13H,4-5,7,9-11H2,1H3,(H,16,17,18,19). The summed E-state index contributed by atoms with van der Waals surface area (Å²) in [4.78, 5) is 2.30. The van der Waals surface area contributed by atoms with E-state index in [1.165, 1.54) is 18.4 Å². The molecule has 6 heteroatoms. The summed E-state index contributed by atoms with van der Waals surface area (Å²) >= 11 is 0. The highest BCUT2D eigenvalue weighted by molar-refractivity contribution is 5.59. The molecule has 0 aliphatic carbocycles. The van der Waals surface area contributed by atoms with Crippen LogP contribution in [0.2, 0.25) is 0 Å². The zero-order valence-electron chi connectivity index (χ0n) is 12.3. The fraction of sp³-hybridized carbons (Fsp3) is 0.533. The first-order chi connectivity index (χ1) is 10.3. The van der Waals surface area contributed by atoms with E-state index in [9.17, 15) is 0 Å². The van der Waals surface area contributed by atoms with Crippen LogP contribution < -0.4 is 0 Å². The highest BCUT2D eigenvalue weighted by atomic mass is 16.5. The van der Waals surface area contributed by atoms with Crippen LogP contribution in [-0.4, -0.2) is 51.8 Å². The minimum Gasteiger partial charge on any atom is -0.377 e. The average molecular weight is 287 g/mol. The van der Waals surface area contributed by atoms with Crippen LogP contribution in [0.25, 0.3) is 11.4 Å². The van der Waals surface area contributed by atoms with Crippen LogP contribution in [0.1, 0.15) is 24.8 Å². The number of aromatic nitrogens is 4. The summed E-state index contributed by atoms with van der Waals surface area (Å²) in [6.07, 6.45) is 4.00. The fourth-order valence-electron chi connectivity index (χ4n) is 2.81. The Kier molecular flexibility index (Phi) is 4.57. The molecule has 1 aromatic carbocycles. The minimum atomic E-state index is 0.362. The molecule has 0 bridgehead atoms. The third kappa shape index (κ3) is 3.65. The number of hydrogen-bond donors (Lipinski definition) is 1. The second kappa shape index (κ2) is 6.78. The van der Waals surface area contributed by atoms with E-state index in [-0.39, 0.29) is 0 Å². The van der Waals surface area contributed by atoms with Gasteiger partial charge in [0.1, 0.15) is 0 Å². The number of aromatic amines is 1. The lowest BCUT2D eigenvalue weighted by molar-refractivity contribution is -0.00257. The van der Waals surface area contributed by atoms with E-state index in [1.807, 2.05) is 18.2 Å². The van der Waals surface area contributed by atoms with Crippen molar-refractivity contribution in [1.82, 2.24) is 25.5 Å². The number of nitrogens with one attached hydrogen (secondary N) is 1. The van der Waals surface area contributed by atoms with E-state index in [0.29, 0.717) is 11.9 Å². The molecular formula is C15H21N5O. The molecule has 112 valence electrons. The molecule has 1 saturated heterocycles. The minimum absolute atomic E-state index is 0.362. The number of benzene rings is 1. The van der Waals surface area contributed by atoms with Gasteiger partial charge < -0.3 is 4.74 Å². The van der Waals surface area contributed by atoms with Gasteiger partial charge in [0.2, 0.25) is 5.82 Å². The zero-order valence-corrected chi connectivity index (χ0v) is 12.3. The molecule has 3 rings (SSSR count). The number of H-pyrrole nitrogens is 1. The quantitative estimate of drug-likeness (QED) is 0.909. The maximum Gasteiger partial charge on any atom is 0.204 e. The molecule has 1 aliphatic heterocycles. The van der Waals surface area contributed by atoms with Crippen molar-refractivity contribution in [3.8, 4) is 11.4 Å². The summed E-state index contributed by atoms with van der Waals surface area (Å²) in [5.74, 6) is 0.646. The van der Waals surface area contributed by atoms with Gasteiger partial charge in [-0.05, 0) is 37.1 Å². The summed E-state index contributed by atoms with van der Waals surface area (Å²) in [6.45, 7) is 2.71. The molecule has 21 heavy (non-hydrogen) atoms. The molecule has 6 nitrogen and oxygen atoms in total. The van der Waals surface area contributed by atoms with Crippen molar-refractivity contribution in [3.63, 3.8) is 0 Å². The summed E-state index contributed by atoms with van der Waals surface area (Å²) in [6, 6.07) is 8.19. The first-order valence-corrected chi connectivity index (χ1v) is 7.45. The summed E-state index contributed by atoms with van der Waals surface area (Å²) in [7, 11) is 2.13. The monoisotopic (exact) mass is 287 g/mol. The van der Waals surface area contributed by atoms with Crippen LogP contribution in [0.4, 0.5) is 0 Å². The third-order valence-electron chi connectivity index (χ3n) is 3.83. The van der Waals surface area contributed by atoms with E-state index >= 15 is 0 Å². The Labute approximate surface area is 124 Å². The van der Waals surface area contributed by atoms with Gasteiger partial charge in [-0.2, -0.15) is 5.21 Å². The van der Waals surface area contributed by atoms with Crippen molar-refractivity contribution < 1.29 is 4.74 Å². The molecule has 1 atom stereocenters. The number of nitrogens with zero attached hydrogens (tertiary/aromatic N) is 4. The van der Waals surface area contributed by atoms with Gasteiger partial charge in [0.25, 0.3) is 0 Å². The van der Waals surface area contributed by atoms with Gasteiger partial charge >= 0.3 is 0 Å². The predicted octanol–water partition coefficient (Wildman–Crippen LogP) is 1.87. The Balaban J connectivity index is 1.67. The van der Waals surface area contributed by atoms with Crippen molar-refractivity contribution in [1.29, 1.82) is 0 Å². The molecule has 0 spiro atoms. The van der Waals surface area contributed by atoms with Crippen LogP contribution in [0.3, 0.4) is 0 Å². The van der Waals surface area contributed by atoms with Gasteiger partial charge in [0.05, 0.1) is 6.10 Å². The molecule has 0 amide bonds. The number of tetrazole rings is 1. The fourth-order valence-corrected chi connectivity index (χ4v) is 2.81. The van der Waals surface area contributed by atoms with Gasteiger partial charge in [-0.1, -0.05) is 24.3 Å². The van der Waals surface area contributed by atoms with Crippen molar-refractivity contribution in [2.24, 2.45) is 0 Å². The lowest BCUT2D eigenvalue weighted by atomic mass is 10.1. The molecular weight excluding hydrogens is 266 g/mol. The second-order valence-corrected chi connectivity index (χ2v) is 5.58. The van der Waals surface area contributed by atoms with Crippen LogP contribution in [0.5, 0.6) is 0 Å². The largest absolute Gasteiger partial charge is 0.377 e. The van der Waals surface area contributed by atoms with E-state index in [0.717, 1.165) is 31.7 Å². The first kappa shape index (κ1) is 14.2. The lowest BCUT2D eigenvalue weighted by Crippen LogP contribution is -2.33. The first-order valence-electron chi connectivity index (χ1n) is 7.45. The van der Waals surface area contributed by atoms with Gasteiger partial charge in [-0.15, -0.1) is 10.2 Å². The molecule has 2 heterocycles. The lowest BCUT2D eigenvalue weighted by Gasteiger charge is -2.27. The zero-order chi connectivity index (χ0) is 14.5. The summed E-state index contributed by atoms with van der Waals surface area (Å²) in [5.41, 5.74) is 2.24. The van der Waals surface area contributed by atoms with Crippen LogP contribution in [-0.2, 0) is 11.3 Å². The highest BCUT2D eigenvalue weighted by Gasteiger charge is 2.17.